The molecule has 2 aliphatic rings. The van der Waals surface area contributed by atoms with Crippen LogP contribution >= 0.6 is 0 Å². The highest BCUT2D eigenvalue weighted by Gasteiger charge is 2.25. The molecule has 1 heterocycles. The number of fused-ring (bicyclic) bond motifs is 1. The molecule has 2 aliphatic carbocycles. The summed E-state index contributed by atoms with van der Waals surface area (Å²) in [5.74, 6) is 0.600. The zero-order valence-electron chi connectivity index (χ0n) is 21.9. The number of benzene rings is 2. The average molecular weight is 535 g/mol. The molecule has 0 unspecified atom stereocenters. The molecule has 3 aromatic rings. The Morgan fingerprint density at radius 1 is 0.923 bits per heavy atom. The number of aromatic nitrogens is 1. The van der Waals surface area contributed by atoms with E-state index in [4.69, 9.17) is 14.2 Å². The summed E-state index contributed by atoms with van der Waals surface area (Å²) in [6, 6.07) is 9.12. The van der Waals surface area contributed by atoms with Gasteiger partial charge in [-0.15, -0.1) is 0 Å². The van der Waals surface area contributed by atoms with Gasteiger partial charge in [0.15, 0.2) is 23.1 Å². The number of halogens is 1. The van der Waals surface area contributed by atoms with E-state index in [0.717, 1.165) is 31.7 Å². The van der Waals surface area contributed by atoms with Crippen LogP contribution in [-0.2, 0) is 9.59 Å². The summed E-state index contributed by atoms with van der Waals surface area (Å²) in [7, 11) is 3.05. The van der Waals surface area contributed by atoms with Gasteiger partial charge in [-0.25, -0.2) is 4.39 Å². The van der Waals surface area contributed by atoms with E-state index in [2.05, 4.69) is 20.9 Å². The molecule has 5 rings (SSSR count). The lowest BCUT2D eigenvalue weighted by atomic mass is 10.1. The largest absolute Gasteiger partial charge is 0.493 e. The first-order valence-corrected chi connectivity index (χ1v) is 13.0. The van der Waals surface area contributed by atoms with Crippen LogP contribution in [0.3, 0.4) is 0 Å². The molecule has 0 spiro atoms. The Labute approximate surface area is 225 Å². The van der Waals surface area contributed by atoms with Crippen molar-refractivity contribution >= 4 is 28.4 Å². The molecule has 2 aromatic carbocycles. The third-order valence-corrected chi connectivity index (χ3v) is 6.70. The van der Waals surface area contributed by atoms with E-state index < -0.39 is 17.6 Å². The highest BCUT2D eigenvalue weighted by molar-refractivity contribution is 6.22. The second-order valence-corrected chi connectivity index (χ2v) is 9.80. The van der Waals surface area contributed by atoms with Crippen molar-refractivity contribution in [3.05, 3.63) is 60.2 Å². The van der Waals surface area contributed by atoms with Crippen LogP contribution in [-0.4, -0.2) is 44.1 Å². The van der Waals surface area contributed by atoms with Gasteiger partial charge in [0.05, 0.1) is 19.7 Å². The normalized spacial score (nSPS) is 15.0. The predicted molar refractivity (Wildman–Crippen MR) is 144 cm³/mol. The first-order chi connectivity index (χ1) is 18.9. The van der Waals surface area contributed by atoms with Crippen molar-refractivity contribution in [2.24, 2.45) is 11.8 Å². The van der Waals surface area contributed by atoms with Crippen molar-refractivity contribution in [3.8, 4) is 23.0 Å². The van der Waals surface area contributed by atoms with E-state index in [1.165, 1.54) is 32.6 Å². The number of carbonyl (C=O) groups is 2. The molecular weight excluding hydrogens is 503 g/mol. The molecule has 2 amide bonds. The molecule has 0 bridgehead atoms. The molecule has 2 fully saturated rings. The van der Waals surface area contributed by atoms with Gasteiger partial charge in [0.25, 0.3) is 11.8 Å². The van der Waals surface area contributed by atoms with Crippen molar-refractivity contribution in [1.29, 1.82) is 0 Å². The summed E-state index contributed by atoms with van der Waals surface area (Å²) in [5, 5.41) is 9.13. The van der Waals surface area contributed by atoms with E-state index in [9.17, 15) is 9.59 Å². The predicted octanol–water partition coefficient (Wildman–Crippen LogP) is 4.53. The maximum atomic E-state index is 15.1. The van der Waals surface area contributed by atoms with Gasteiger partial charge in [-0.05, 0) is 61.8 Å². The molecule has 0 atom stereocenters. The highest BCUT2D eigenvalue weighted by Crippen LogP contribution is 2.37. The Hall–Kier alpha value is -4.34. The number of anilines is 1. The van der Waals surface area contributed by atoms with E-state index in [0.29, 0.717) is 53.1 Å². The van der Waals surface area contributed by atoms with Crippen LogP contribution in [0.2, 0.25) is 0 Å². The van der Waals surface area contributed by atoms with Crippen LogP contribution in [0, 0.1) is 17.7 Å². The second-order valence-electron chi connectivity index (χ2n) is 9.80. The van der Waals surface area contributed by atoms with Crippen LogP contribution in [0.1, 0.15) is 25.7 Å². The van der Waals surface area contributed by atoms with E-state index in [-0.39, 0.29) is 17.0 Å². The van der Waals surface area contributed by atoms with Gasteiger partial charge in [-0.2, -0.15) is 0 Å². The number of nitrogens with zero attached hydrogens (tertiary/aromatic N) is 1. The minimum Gasteiger partial charge on any atom is -0.493 e. The van der Waals surface area contributed by atoms with Gasteiger partial charge in [0.1, 0.15) is 11.3 Å². The average Bonchev–Trinajstić information content (AvgIpc) is 3.86. The summed E-state index contributed by atoms with van der Waals surface area (Å²) in [5.41, 5.74) is 0.729. The fourth-order valence-corrected chi connectivity index (χ4v) is 4.05. The van der Waals surface area contributed by atoms with Crippen molar-refractivity contribution in [3.63, 3.8) is 0 Å². The molecule has 9 nitrogen and oxygen atoms in total. The van der Waals surface area contributed by atoms with Crippen LogP contribution in [0.15, 0.2) is 54.4 Å². The molecule has 39 heavy (non-hydrogen) atoms. The summed E-state index contributed by atoms with van der Waals surface area (Å²) >= 11 is 0. The molecule has 204 valence electrons. The van der Waals surface area contributed by atoms with Gasteiger partial charge in [-0.1, -0.05) is 0 Å². The van der Waals surface area contributed by atoms with Crippen molar-refractivity contribution in [1.82, 2.24) is 15.6 Å². The molecule has 10 heteroatoms. The van der Waals surface area contributed by atoms with Crippen LogP contribution < -0.4 is 30.2 Å². The Balaban J connectivity index is 1.30. The van der Waals surface area contributed by atoms with Gasteiger partial charge in [0.2, 0.25) is 0 Å². The van der Waals surface area contributed by atoms with Gasteiger partial charge >= 0.3 is 0 Å². The zero-order chi connectivity index (χ0) is 27.4. The first-order valence-electron chi connectivity index (χ1n) is 13.0. The SMILES string of the molecule is COc1cc2nccc(Oc3ccc(NC(=O)/C(=C/NCC4CC4)C(=O)NCC4CC4)cc3F)c2cc1OC. The zero-order valence-corrected chi connectivity index (χ0v) is 21.9. The molecule has 1 aromatic heterocycles. The van der Waals surface area contributed by atoms with Crippen LogP contribution in [0.25, 0.3) is 10.9 Å². The Kier molecular flexibility index (Phi) is 7.81. The fourth-order valence-electron chi connectivity index (χ4n) is 4.05. The van der Waals surface area contributed by atoms with Gasteiger partial charge in [0, 0.05) is 48.7 Å². The van der Waals surface area contributed by atoms with E-state index in [1.54, 1.807) is 24.4 Å². The number of hydrogen-bond donors (Lipinski definition) is 3. The van der Waals surface area contributed by atoms with Crippen molar-refractivity contribution in [2.45, 2.75) is 25.7 Å². The van der Waals surface area contributed by atoms with Crippen LogP contribution in [0.4, 0.5) is 10.1 Å². The standard InChI is InChI=1S/C29H31FN4O5/c1-37-26-12-20-23(13-27(26)38-2)32-10-9-24(20)39-25-8-7-19(11-22(25)30)34-29(36)21(16-31-14-17-3-4-17)28(35)33-15-18-5-6-18/h7-13,16-18,31H,3-6,14-15H2,1-2H3,(H,33,35)(H,34,36)/b21-16+. The molecular formula is C29H31FN4O5. The maximum Gasteiger partial charge on any atom is 0.262 e. The van der Waals surface area contributed by atoms with Crippen LogP contribution in [0.5, 0.6) is 23.0 Å². The molecule has 2 saturated carbocycles. The molecule has 3 N–H and O–H groups in total. The number of nitrogens with one attached hydrogen (secondary N) is 3. The summed E-state index contributed by atoms with van der Waals surface area (Å²) < 4.78 is 31.7. The monoisotopic (exact) mass is 534 g/mol. The summed E-state index contributed by atoms with van der Waals surface area (Å²) in [6.07, 6.45) is 7.44. The first kappa shape index (κ1) is 26.3. The third-order valence-electron chi connectivity index (χ3n) is 6.70. The Morgan fingerprint density at radius 3 is 2.33 bits per heavy atom. The maximum absolute atomic E-state index is 15.1. The van der Waals surface area contributed by atoms with E-state index >= 15 is 4.39 Å². The number of rotatable bonds is 12. The quantitative estimate of drug-likeness (QED) is 0.178. The third kappa shape index (κ3) is 6.57. The number of carbonyl (C=O) groups excluding carboxylic acids is 2. The summed E-state index contributed by atoms with van der Waals surface area (Å²) in [6.45, 7) is 1.24. The minimum atomic E-state index is -0.686. The topological polar surface area (TPSA) is 111 Å². The number of methoxy groups -OCH3 is 2. The van der Waals surface area contributed by atoms with Gasteiger partial charge in [-0.3, -0.25) is 14.6 Å². The smallest absolute Gasteiger partial charge is 0.262 e. The van der Waals surface area contributed by atoms with Crippen molar-refractivity contribution < 1.29 is 28.2 Å². The van der Waals surface area contributed by atoms with E-state index in [1.807, 2.05) is 0 Å². The van der Waals surface area contributed by atoms with Crippen molar-refractivity contribution in [2.75, 3.05) is 32.6 Å². The lowest BCUT2D eigenvalue weighted by molar-refractivity contribution is -0.121. The number of pyridine rings is 1. The number of amides is 2. The number of hydrogen-bond acceptors (Lipinski definition) is 7. The lowest BCUT2D eigenvalue weighted by Crippen LogP contribution is -2.33. The number of ether oxygens (including phenoxy) is 3. The lowest BCUT2D eigenvalue weighted by Gasteiger charge is -2.14. The Bertz CT molecular complexity index is 1420. The fraction of sp³-hybridized carbons (Fsp3) is 0.345. The highest BCUT2D eigenvalue weighted by atomic mass is 19.1. The minimum absolute atomic E-state index is 0.0423. The molecule has 0 radical (unpaired) electrons. The Morgan fingerprint density at radius 2 is 1.64 bits per heavy atom. The summed E-state index contributed by atoms with van der Waals surface area (Å²) in [4.78, 5) is 30.0. The molecule has 0 aliphatic heterocycles. The van der Waals surface area contributed by atoms with Gasteiger partial charge < -0.3 is 30.2 Å². The molecule has 0 saturated heterocycles. The second kappa shape index (κ2) is 11.6.